The molecule has 1 aromatic carbocycles. The van der Waals surface area contributed by atoms with E-state index in [1.165, 1.54) is 6.39 Å². The van der Waals surface area contributed by atoms with Gasteiger partial charge in [-0.25, -0.2) is 4.98 Å². The first-order valence-corrected chi connectivity index (χ1v) is 6.18. The van der Waals surface area contributed by atoms with Crippen molar-refractivity contribution in [2.24, 2.45) is 5.84 Å². The number of hydrogen-bond acceptors (Lipinski definition) is 7. The number of nitrogens with zero attached hydrogens (tertiary/aromatic N) is 3. The van der Waals surface area contributed by atoms with E-state index in [0.29, 0.717) is 17.0 Å². The second-order valence-electron chi connectivity index (χ2n) is 4.25. The van der Waals surface area contributed by atoms with E-state index in [1.807, 2.05) is 24.3 Å². The average Bonchev–Trinajstić information content (AvgIpc) is 3.04. The van der Waals surface area contributed by atoms with Crippen molar-refractivity contribution in [2.45, 2.75) is 6.54 Å². The molecule has 4 N–H and O–H groups in total. The first-order valence-electron chi connectivity index (χ1n) is 6.18. The Morgan fingerprint density at radius 1 is 1.33 bits per heavy atom. The van der Waals surface area contributed by atoms with E-state index >= 15 is 0 Å². The largest absolute Gasteiger partial charge is 0.343 e. The molecule has 0 aliphatic heterocycles. The van der Waals surface area contributed by atoms with Gasteiger partial charge in [0.2, 0.25) is 6.39 Å². The Morgan fingerprint density at radius 2 is 2.19 bits per heavy atom. The minimum absolute atomic E-state index is 0.162. The van der Waals surface area contributed by atoms with Gasteiger partial charge in [0.25, 0.3) is 5.91 Å². The molecule has 3 aromatic rings. The second-order valence-corrected chi connectivity index (χ2v) is 4.25. The number of benzene rings is 1. The number of para-hydroxylation sites is 1. The minimum atomic E-state index is -0.345. The van der Waals surface area contributed by atoms with Crippen molar-refractivity contribution in [3.63, 3.8) is 0 Å². The Bertz CT molecular complexity index is 771. The smallest absolute Gasteiger partial charge is 0.270 e. The summed E-state index contributed by atoms with van der Waals surface area (Å²) in [7, 11) is 0. The van der Waals surface area contributed by atoms with Crippen LogP contribution < -0.4 is 16.6 Å². The summed E-state index contributed by atoms with van der Waals surface area (Å²) in [5.41, 5.74) is 4.14. The molecule has 0 atom stereocenters. The predicted molar refractivity (Wildman–Crippen MR) is 75.0 cm³/mol. The average molecular weight is 284 g/mol. The molecule has 0 bridgehead atoms. The van der Waals surface area contributed by atoms with Gasteiger partial charge in [0, 0.05) is 5.39 Å². The van der Waals surface area contributed by atoms with Gasteiger partial charge < -0.3 is 15.3 Å². The SMILES string of the molecule is NNc1cc(C(=O)NCc2ncon2)nc2ccccc12. The quantitative estimate of drug-likeness (QED) is 0.479. The van der Waals surface area contributed by atoms with Crippen molar-refractivity contribution in [3.05, 3.63) is 48.2 Å². The molecular weight excluding hydrogens is 272 g/mol. The van der Waals surface area contributed by atoms with Crippen LogP contribution in [0.4, 0.5) is 5.69 Å². The van der Waals surface area contributed by atoms with Gasteiger partial charge in [-0.15, -0.1) is 0 Å². The molecule has 106 valence electrons. The molecule has 0 aliphatic rings. The van der Waals surface area contributed by atoms with E-state index in [1.54, 1.807) is 6.07 Å². The molecule has 0 unspecified atom stereocenters. The summed E-state index contributed by atoms with van der Waals surface area (Å²) in [6.07, 6.45) is 1.20. The number of fused-ring (bicyclic) bond motifs is 1. The molecular formula is C13H12N6O2. The Labute approximate surface area is 119 Å². The number of nitrogens with one attached hydrogen (secondary N) is 2. The summed E-state index contributed by atoms with van der Waals surface area (Å²) in [5.74, 6) is 5.54. The van der Waals surface area contributed by atoms with Crippen LogP contribution >= 0.6 is 0 Å². The van der Waals surface area contributed by atoms with Crippen LogP contribution in [0.3, 0.4) is 0 Å². The van der Waals surface area contributed by atoms with Gasteiger partial charge in [0.1, 0.15) is 5.69 Å². The van der Waals surface area contributed by atoms with Gasteiger partial charge in [0.15, 0.2) is 5.82 Å². The van der Waals surface area contributed by atoms with Gasteiger partial charge in [-0.1, -0.05) is 23.4 Å². The van der Waals surface area contributed by atoms with E-state index in [0.717, 1.165) is 5.39 Å². The highest BCUT2D eigenvalue weighted by molar-refractivity contribution is 5.99. The van der Waals surface area contributed by atoms with Crippen LogP contribution in [-0.4, -0.2) is 21.0 Å². The Kier molecular flexibility index (Phi) is 3.44. The molecule has 2 heterocycles. The molecule has 21 heavy (non-hydrogen) atoms. The zero-order valence-corrected chi connectivity index (χ0v) is 10.9. The topological polar surface area (TPSA) is 119 Å². The molecule has 0 fully saturated rings. The van der Waals surface area contributed by atoms with Crippen LogP contribution in [0.5, 0.6) is 0 Å². The van der Waals surface area contributed by atoms with Gasteiger partial charge in [0.05, 0.1) is 17.7 Å². The summed E-state index contributed by atoms with van der Waals surface area (Å²) < 4.78 is 4.59. The third-order valence-corrected chi connectivity index (χ3v) is 2.92. The summed E-state index contributed by atoms with van der Waals surface area (Å²) in [4.78, 5) is 20.3. The fraction of sp³-hybridized carbons (Fsp3) is 0.0769. The Morgan fingerprint density at radius 3 is 2.95 bits per heavy atom. The molecule has 8 heteroatoms. The lowest BCUT2D eigenvalue weighted by Gasteiger charge is -2.08. The number of amides is 1. The fourth-order valence-corrected chi connectivity index (χ4v) is 1.93. The van der Waals surface area contributed by atoms with Crippen molar-refractivity contribution in [3.8, 4) is 0 Å². The third-order valence-electron chi connectivity index (χ3n) is 2.92. The zero-order valence-electron chi connectivity index (χ0n) is 10.9. The number of pyridine rings is 1. The van der Waals surface area contributed by atoms with Crippen LogP contribution in [0.15, 0.2) is 41.2 Å². The lowest BCUT2D eigenvalue weighted by molar-refractivity contribution is 0.0945. The standard InChI is InChI=1S/C13H12N6O2/c14-18-10-5-11(17-9-4-2-1-3-8(9)10)13(20)15-6-12-16-7-21-19-12/h1-5,7H,6,14H2,(H,15,20)(H,17,18). The van der Waals surface area contributed by atoms with E-state index in [4.69, 9.17) is 5.84 Å². The molecule has 8 nitrogen and oxygen atoms in total. The number of hydrazine groups is 1. The first-order chi connectivity index (χ1) is 10.3. The maximum Gasteiger partial charge on any atom is 0.270 e. The number of carbonyl (C=O) groups excluding carboxylic acids is 1. The van der Waals surface area contributed by atoms with Crippen molar-refractivity contribution >= 4 is 22.5 Å². The van der Waals surface area contributed by atoms with E-state index < -0.39 is 0 Å². The molecule has 0 aliphatic carbocycles. The summed E-state index contributed by atoms with van der Waals surface area (Å²) in [6.45, 7) is 0.162. The summed E-state index contributed by atoms with van der Waals surface area (Å²) in [6, 6.07) is 9.00. The number of aromatic nitrogens is 3. The highest BCUT2D eigenvalue weighted by atomic mass is 16.5. The van der Waals surface area contributed by atoms with Gasteiger partial charge in [-0.3, -0.25) is 10.6 Å². The molecule has 0 saturated heterocycles. The lowest BCUT2D eigenvalue weighted by Crippen LogP contribution is -2.24. The minimum Gasteiger partial charge on any atom is -0.343 e. The van der Waals surface area contributed by atoms with Crippen molar-refractivity contribution in [2.75, 3.05) is 5.43 Å². The molecule has 0 spiro atoms. The number of anilines is 1. The van der Waals surface area contributed by atoms with Crippen LogP contribution in [0.1, 0.15) is 16.3 Å². The molecule has 3 rings (SSSR count). The highest BCUT2D eigenvalue weighted by Gasteiger charge is 2.12. The zero-order chi connectivity index (χ0) is 14.7. The number of hydrogen-bond donors (Lipinski definition) is 3. The summed E-state index contributed by atoms with van der Waals surface area (Å²) >= 11 is 0. The van der Waals surface area contributed by atoms with Crippen molar-refractivity contribution in [1.82, 2.24) is 20.4 Å². The van der Waals surface area contributed by atoms with Gasteiger partial charge in [-0.2, -0.15) is 4.98 Å². The van der Waals surface area contributed by atoms with Crippen molar-refractivity contribution < 1.29 is 9.32 Å². The second kappa shape index (κ2) is 5.55. The van der Waals surface area contributed by atoms with Crippen molar-refractivity contribution in [1.29, 1.82) is 0 Å². The number of nitrogens with two attached hydrogens (primary N) is 1. The van der Waals surface area contributed by atoms with Crippen LogP contribution in [0.2, 0.25) is 0 Å². The van der Waals surface area contributed by atoms with E-state index in [-0.39, 0.29) is 18.1 Å². The van der Waals surface area contributed by atoms with Crippen LogP contribution in [-0.2, 0) is 6.54 Å². The monoisotopic (exact) mass is 284 g/mol. The highest BCUT2D eigenvalue weighted by Crippen LogP contribution is 2.22. The lowest BCUT2D eigenvalue weighted by atomic mass is 10.1. The Hall–Kier alpha value is -3.00. The predicted octanol–water partition coefficient (Wildman–Crippen LogP) is 0.833. The number of carbonyl (C=O) groups is 1. The van der Waals surface area contributed by atoms with E-state index in [2.05, 4.69) is 30.4 Å². The molecule has 0 radical (unpaired) electrons. The van der Waals surface area contributed by atoms with Gasteiger partial charge >= 0.3 is 0 Å². The molecule has 0 saturated carbocycles. The fourth-order valence-electron chi connectivity index (χ4n) is 1.93. The normalized spacial score (nSPS) is 10.5. The first kappa shape index (κ1) is 13.0. The third kappa shape index (κ3) is 2.65. The molecule has 2 aromatic heterocycles. The number of rotatable bonds is 4. The number of nitrogen functional groups attached to an aromatic ring is 1. The molecule has 1 amide bonds. The van der Waals surface area contributed by atoms with Crippen LogP contribution in [0, 0.1) is 0 Å². The van der Waals surface area contributed by atoms with E-state index in [9.17, 15) is 4.79 Å². The Balaban J connectivity index is 1.87. The van der Waals surface area contributed by atoms with Gasteiger partial charge in [-0.05, 0) is 12.1 Å². The maximum absolute atomic E-state index is 12.1. The summed E-state index contributed by atoms with van der Waals surface area (Å²) in [5, 5.41) is 7.12. The maximum atomic E-state index is 12.1. The van der Waals surface area contributed by atoms with Crippen LogP contribution in [0.25, 0.3) is 10.9 Å².